The molecule has 0 aliphatic heterocycles. The van der Waals surface area contributed by atoms with E-state index in [9.17, 15) is 0 Å². The van der Waals surface area contributed by atoms with Crippen LogP contribution in [0.4, 0.5) is 0 Å². The van der Waals surface area contributed by atoms with E-state index in [2.05, 4.69) is 15.0 Å². The van der Waals surface area contributed by atoms with E-state index < -0.39 is 0 Å². The fraction of sp³-hybridized carbons (Fsp3) is 0. The Balaban J connectivity index is 1.96. The highest BCUT2D eigenvalue weighted by Gasteiger charge is 2.07. The van der Waals surface area contributed by atoms with E-state index in [0.29, 0.717) is 10.2 Å². The van der Waals surface area contributed by atoms with Gasteiger partial charge in [-0.15, -0.1) is 11.3 Å². The minimum absolute atomic E-state index is 0.704. The molecule has 0 spiro atoms. The molecule has 0 N–H and O–H groups in total. The lowest BCUT2D eigenvalue weighted by molar-refractivity contribution is 0.966. The Kier molecular flexibility index (Phi) is 2.96. The van der Waals surface area contributed by atoms with E-state index in [1.54, 1.807) is 29.8 Å². The second-order valence-corrected chi connectivity index (χ2v) is 5.91. The van der Waals surface area contributed by atoms with E-state index >= 15 is 0 Å². The van der Waals surface area contributed by atoms with Crippen molar-refractivity contribution in [3.05, 3.63) is 41.7 Å². The summed E-state index contributed by atoms with van der Waals surface area (Å²) < 4.78 is 2.04. The zero-order valence-electron chi connectivity index (χ0n) is 8.50. The van der Waals surface area contributed by atoms with E-state index in [0.717, 1.165) is 14.6 Å². The van der Waals surface area contributed by atoms with Crippen LogP contribution in [0.3, 0.4) is 0 Å². The van der Waals surface area contributed by atoms with E-state index in [1.807, 2.05) is 18.2 Å². The summed E-state index contributed by atoms with van der Waals surface area (Å²) in [6.07, 6.45) is 3.44. The van der Waals surface area contributed by atoms with Crippen molar-refractivity contribution in [3.8, 4) is 0 Å². The lowest BCUT2D eigenvalue weighted by atomic mass is 10.3. The topological polar surface area (TPSA) is 38.7 Å². The van der Waals surface area contributed by atoms with Crippen LogP contribution in [0.2, 0.25) is 5.02 Å². The standard InChI is InChI=1S/C11H6ClN3S2/c12-7-2-3-9-8(6-7)15-11(16-9)17-10-13-4-1-5-14-10/h1-6H. The maximum Gasteiger partial charge on any atom is 0.194 e. The van der Waals surface area contributed by atoms with Crippen molar-refractivity contribution in [1.82, 2.24) is 15.0 Å². The third kappa shape index (κ3) is 2.41. The van der Waals surface area contributed by atoms with Crippen molar-refractivity contribution in [2.75, 3.05) is 0 Å². The average Bonchev–Trinajstić information content (AvgIpc) is 2.71. The maximum absolute atomic E-state index is 5.92. The van der Waals surface area contributed by atoms with Crippen molar-refractivity contribution in [3.63, 3.8) is 0 Å². The molecule has 0 amide bonds. The summed E-state index contributed by atoms with van der Waals surface area (Å²) in [4.78, 5) is 12.8. The molecule has 0 unspecified atom stereocenters. The third-order valence-electron chi connectivity index (χ3n) is 2.05. The first-order chi connectivity index (χ1) is 8.31. The molecule has 2 heterocycles. The lowest BCUT2D eigenvalue weighted by Gasteiger charge is -1.92. The summed E-state index contributed by atoms with van der Waals surface area (Å²) in [7, 11) is 0. The molecule has 0 radical (unpaired) electrons. The van der Waals surface area contributed by atoms with E-state index in [-0.39, 0.29) is 0 Å². The molecular formula is C11H6ClN3S2. The number of hydrogen-bond acceptors (Lipinski definition) is 5. The van der Waals surface area contributed by atoms with Crippen LogP contribution in [0.15, 0.2) is 46.2 Å². The van der Waals surface area contributed by atoms with Crippen LogP contribution in [0.5, 0.6) is 0 Å². The van der Waals surface area contributed by atoms with Gasteiger partial charge < -0.3 is 0 Å². The van der Waals surface area contributed by atoms with Gasteiger partial charge in [0.25, 0.3) is 0 Å². The molecule has 0 saturated carbocycles. The Morgan fingerprint density at radius 1 is 1.18 bits per heavy atom. The summed E-state index contributed by atoms with van der Waals surface area (Å²) in [6, 6.07) is 7.51. The molecule has 0 aliphatic carbocycles. The van der Waals surface area contributed by atoms with Gasteiger partial charge in [-0.1, -0.05) is 11.6 Å². The Morgan fingerprint density at radius 3 is 2.82 bits per heavy atom. The second-order valence-electron chi connectivity index (χ2n) is 3.23. The summed E-state index contributed by atoms with van der Waals surface area (Å²) in [5, 5.41) is 1.41. The Bertz CT molecular complexity index is 654. The van der Waals surface area contributed by atoms with Gasteiger partial charge in [0.1, 0.15) is 0 Å². The number of rotatable bonds is 2. The molecule has 6 heteroatoms. The van der Waals surface area contributed by atoms with Gasteiger partial charge in [-0.3, -0.25) is 0 Å². The molecule has 3 aromatic rings. The van der Waals surface area contributed by atoms with E-state index in [4.69, 9.17) is 11.6 Å². The van der Waals surface area contributed by atoms with Crippen molar-refractivity contribution in [1.29, 1.82) is 0 Å². The van der Waals surface area contributed by atoms with Crippen LogP contribution in [0.1, 0.15) is 0 Å². The molecule has 0 saturated heterocycles. The van der Waals surface area contributed by atoms with Gasteiger partial charge in [0.05, 0.1) is 10.2 Å². The van der Waals surface area contributed by atoms with Gasteiger partial charge in [0, 0.05) is 17.4 Å². The number of benzene rings is 1. The van der Waals surface area contributed by atoms with Crippen LogP contribution in [0.25, 0.3) is 10.2 Å². The summed E-state index contributed by atoms with van der Waals surface area (Å²) in [6.45, 7) is 0. The predicted molar refractivity (Wildman–Crippen MR) is 70.8 cm³/mol. The molecule has 17 heavy (non-hydrogen) atoms. The maximum atomic E-state index is 5.92. The number of halogens is 1. The SMILES string of the molecule is Clc1ccc2sc(Sc3ncccn3)nc2c1. The van der Waals surface area contributed by atoms with Gasteiger partial charge in [0.15, 0.2) is 9.50 Å². The van der Waals surface area contributed by atoms with E-state index in [1.165, 1.54) is 11.8 Å². The number of hydrogen-bond donors (Lipinski definition) is 0. The summed E-state index contributed by atoms with van der Waals surface area (Å²) in [5.41, 5.74) is 0.918. The van der Waals surface area contributed by atoms with Crippen LogP contribution in [0, 0.1) is 0 Å². The van der Waals surface area contributed by atoms with Crippen LogP contribution >= 0.6 is 34.7 Å². The van der Waals surface area contributed by atoms with Crippen molar-refractivity contribution in [2.24, 2.45) is 0 Å². The minimum Gasteiger partial charge on any atom is -0.231 e. The predicted octanol–water partition coefficient (Wildman–Crippen LogP) is 3.89. The van der Waals surface area contributed by atoms with Crippen LogP contribution < -0.4 is 0 Å². The van der Waals surface area contributed by atoms with Crippen molar-refractivity contribution >= 4 is 44.9 Å². The first-order valence-corrected chi connectivity index (χ1v) is 6.83. The number of fused-ring (bicyclic) bond motifs is 1. The molecule has 0 aliphatic rings. The Hall–Kier alpha value is -1.17. The van der Waals surface area contributed by atoms with Gasteiger partial charge in [-0.05, 0) is 36.0 Å². The van der Waals surface area contributed by atoms with Gasteiger partial charge in [0.2, 0.25) is 0 Å². The van der Waals surface area contributed by atoms with Gasteiger partial charge >= 0.3 is 0 Å². The Morgan fingerprint density at radius 2 is 2.00 bits per heavy atom. The molecular weight excluding hydrogens is 274 g/mol. The highest BCUT2D eigenvalue weighted by Crippen LogP contribution is 2.33. The summed E-state index contributed by atoms with van der Waals surface area (Å²) in [5.74, 6) is 0. The monoisotopic (exact) mass is 279 g/mol. The minimum atomic E-state index is 0.704. The molecule has 84 valence electrons. The third-order valence-corrected chi connectivity index (χ3v) is 4.28. The average molecular weight is 280 g/mol. The fourth-order valence-corrected chi connectivity index (χ4v) is 3.37. The van der Waals surface area contributed by atoms with Crippen LogP contribution in [-0.2, 0) is 0 Å². The highest BCUT2D eigenvalue weighted by atomic mass is 35.5. The fourth-order valence-electron chi connectivity index (χ4n) is 1.34. The normalized spacial score (nSPS) is 10.9. The molecule has 3 nitrogen and oxygen atoms in total. The number of aromatic nitrogens is 3. The Labute approximate surface area is 111 Å². The number of thiazole rings is 1. The van der Waals surface area contributed by atoms with Gasteiger partial charge in [-0.2, -0.15) is 0 Å². The van der Waals surface area contributed by atoms with Crippen LogP contribution in [-0.4, -0.2) is 15.0 Å². The smallest absolute Gasteiger partial charge is 0.194 e. The summed E-state index contributed by atoms with van der Waals surface area (Å²) >= 11 is 9.00. The molecule has 0 atom stereocenters. The van der Waals surface area contributed by atoms with Crippen molar-refractivity contribution in [2.45, 2.75) is 9.50 Å². The zero-order chi connectivity index (χ0) is 11.7. The van der Waals surface area contributed by atoms with Crippen molar-refractivity contribution < 1.29 is 0 Å². The lowest BCUT2D eigenvalue weighted by Crippen LogP contribution is -1.81. The first kappa shape index (κ1) is 11.0. The first-order valence-electron chi connectivity index (χ1n) is 4.82. The number of nitrogens with zero attached hydrogens (tertiary/aromatic N) is 3. The van der Waals surface area contributed by atoms with Gasteiger partial charge in [-0.25, -0.2) is 15.0 Å². The molecule has 0 bridgehead atoms. The second kappa shape index (κ2) is 4.60. The largest absolute Gasteiger partial charge is 0.231 e. The molecule has 0 fully saturated rings. The zero-order valence-corrected chi connectivity index (χ0v) is 10.9. The quantitative estimate of drug-likeness (QED) is 0.667. The highest BCUT2D eigenvalue weighted by molar-refractivity contribution is 8.01. The molecule has 1 aromatic carbocycles. The molecule has 3 rings (SSSR count). The molecule has 2 aromatic heterocycles.